The molecule has 0 aromatic heterocycles. The van der Waals surface area contributed by atoms with Gasteiger partial charge in [-0.25, -0.2) is 0 Å². The molecule has 0 fully saturated rings. The summed E-state index contributed by atoms with van der Waals surface area (Å²) in [6, 6.07) is 8.67. The van der Waals surface area contributed by atoms with Crippen LogP contribution < -0.4 is 0 Å². The molecule has 0 aliphatic carbocycles. The smallest absolute Gasteiger partial charge is 0.253 e. The summed E-state index contributed by atoms with van der Waals surface area (Å²) in [6.07, 6.45) is 0.567. The van der Waals surface area contributed by atoms with Crippen molar-refractivity contribution < 1.29 is 9.90 Å². The normalized spacial score (nSPS) is 9.71. The van der Waals surface area contributed by atoms with Crippen LogP contribution in [0.5, 0.6) is 0 Å². The van der Waals surface area contributed by atoms with E-state index in [0.717, 1.165) is 0 Å². The summed E-state index contributed by atoms with van der Waals surface area (Å²) in [6.45, 7) is 3.09. The number of nitriles is 1. The highest BCUT2D eigenvalue weighted by Crippen LogP contribution is 2.08. The zero-order valence-corrected chi connectivity index (χ0v) is 9.89. The van der Waals surface area contributed by atoms with Gasteiger partial charge in [0.1, 0.15) is 0 Å². The van der Waals surface area contributed by atoms with Crippen LogP contribution in [0.25, 0.3) is 0 Å². The second-order valence-electron chi connectivity index (χ2n) is 3.65. The maximum absolute atomic E-state index is 12.1. The summed E-state index contributed by atoms with van der Waals surface area (Å²) >= 11 is 0. The highest BCUT2D eigenvalue weighted by Gasteiger charge is 2.13. The summed E-state index contributed by atoms with van der Waals surface area (Å²) < 4.78 is 0. The summed E-state index contributed by atoms with van der Waals surface area (Å²) in [4.78, 5) is 13.7. The predicted octanol–water partition coefficient (Wildman–Crippen LogP) is 1.40. The van der Waals surface area contributed by atoms with Gasteiger partial charge in [-0.3, -0.25) is 4.79 Å². The number of rotatable bonds is 5. The molecule has 4 nitrogen and oxygen atoms in total. The average molecular weight is 232 g/mol. The number of aliphatic hydroxyl groups excluding tert-OH is 1. The Bertz CT molecular complexity index is 424. The maximum Gasteiger partial charge on any atom is 0.253 e. The molecule has 0 radical (unpaired) electrons. The van der Waals surface area contributed by atoms with Crippen LogP contribution in [0.15, 0.2) is 24.3 Å². The molecule has 0 atom stereocenters. The molecular formula is C13H16N2O2. The number of benzene rings is 1. The van der Waals surface area contributed by atoms with E-state index in [1.54, 1.807) is 29.2 Å². The highest BCUT2D eigenvalue weighted by molar-refractivity contribution is 5.94. The van der Waals surface area contributed by atoms with E-state index in [1.165, 1.54) is 0 Å². The Balaban J connectivity index is 2.82. The first kappa shape index (κ1) is 13.2. The summed E-state index contributed by atoms with van der Waals surface area (Å²) in [7, 11) is 0. The Morgan fingerprint density at radius 2 is 2.29 bits per heavy atom. The lowest BCUT2D eigenvalue weighted by atomic mass is 10.1. The van der Waals surface area contributed by atoms with Crippen LogP contribution in [-0.2, 0) is 0 Å². The number of hydrogen-bond donors (Lipinski definition) is 1. The SMILES string of the molecule is CCN(CCCO)C(=O)c1cccc(C#N)c1. The molecule has 4 heteroatoms. The lowest BCUT2D eigenvalue weighted by Gasteiger charge is -2.20. The molecule has 1 aromatic carbocycles. The van der Waals surface area contributed by atoms with Crippen molar-refractivity contribution in [3.8, 4) is 6.07 Å². The molecule has 90 valence electrons. The minimum absolute atomic E-state index is 0.0714. The number of carbonyl (C=O) groups excluding carboxylic acids is 1. The van der Waals surface area contributed by atoms with Crippen LogP contribution in [0, 0.1) is 11.3 Å². The first-order valence-corrected chi connectivity index (χ1v) is 5.63. The highest BCUT2D eigenvalue weighted by atomic mass is 16.3. The lowest BCUT2D eigenvalue weighted by molar-refractivity contribution is 0.0754. The third-order valence-electron chi connectivity index (χ3n) is 2.49. The molecule has 1 aromatic rings. The van der Waals surface area contributed by atoms with E-state index in [9.17, 15) is 4.79 Å². The quantitative estimate of drug-likeness (QED) is 0.834. The third kappa shape index (κ3) is 3.58. The van der Waals surface area contributed by atoms with Crippen LogP contribution in [-0.4, -0.2) is 35.6 Å². The number of carbonyl (C=O) groups is 1. The van der Waals surface area contributed by atoms with E-state index in [-0.39, 0.29) is 12.5 Å². The Kier molecular flexibility index (Phi) is 5.18. The molecule has 17 heavy (non-hydrogen) atoms. The maximum atomic E-state index is 12.1. The molecule has 0 aliphatic heterocycles. The van der Waals surface area contributed by atoms with Crippen LogP contribution in [0.4, 0.5) is 0 Å². The number of amides is 1. The Labute approximate surface area is 101 Å². The van der Waals surface area contributed by atoms with Gasteiger partial charge in [0, 0.05) is 25.3 Å². The minimum Gasteiger partial charge on any atom is -0.396 e. The predicted molar refractivity (Wildman–Crippen MR) is 64.4 cm³/mol. The van der Waals surface area contributed by atoms with Crippen LogP contribution >= 0.6 is 0 Å². The van der Waals surface area contributed by atoms with Gasteiger partial charge in [0.05, 0.1) is 11.6 Å². The van der Waals surface area contributed by atoms with Gasteiger partial charge in [-0.15, -0.1) is 0 Å². The molecule has 0 heterocycles. The van der Waals surface area contributed by atoms with Gasteiger partial charge in [0.25, 0.3) is 5.91 Å². The largest absolute Gasteiger partial charge is 0.396 e. The zero-order valence-electron chi connectivity index (χ0n) is 9.89. The van der Waals surface area contributed by atoms with Crippen molar-refractivity contribution in [1.82, 2.24) is 4.90 Å². The summed E-state index contributed by atoms with van der Waals surface area (Å²) in [5.41, 5.74) is 0.998. The van der Waals surface area contributed by atoms with E-state index in [0.29, 0.717) is 30.6 Å². The van der Waals surface area contributed by atoms with Crippen molar-refractivity contribution in [3.63, 3.8) is 0 Å². The van der Waals surface area contributed by atoms with Gasteiger partial charge in [-0.2, -0.15) is 5.26 Å². The minimum atomic E-state index is -0.0990. The van der Waals surface area contributed by atoms with Gasteiger partial charge in [0.15, 0.2) is 0 Å². The van der Waals surface area contributed by atoms with Crippen molar-refractivity contribution in [2.45, 2.75) is 13.3 Å². The van der Waals surface area contributed by atoms with Crippen LogP contribution in [0.2, 0.25) is 0 Å². The lowest BCUT2D eigenvalue weighted by Crippen LogP contribution is -2.32. The van der Waals surface area contributed by atoms with Crippen molar-refractivity contribution in [1.29, 1.82) is 5.26 Å². The molecule has 1 rings (SSSR count). The Morgan fingerprint density at radius 3 is 2.88 bits per heavy atom. The van der Waals surface area contributed by atoms with Crippen molar-refractivity contribution in [2.24, 2.45) is 0 Å². The fourth-order valence-electron chi connectivity index (χ4n) is 1.57. The van der Waals surface area contributed by atoms with Gasteiger partial charge < -0.3 is 10.0 Å². The first-order chi connectivity index (χ1) is 8.22. The van der Waals surface area contributed by atoms with Crippen LogP contribution in [0.1, 0.15) is 29.3 Å². The van der Waals surface area contributed by atoms with Gasteiger partial charge in [-0.1, -0.05) is 6.07 Å². The molecule has 1 amide bonds. The Morgan fingerprint density at radius 1 is 1.53 bits per heavy atom. The van der Waals surface area contributed by atoms with Crippen molar-refractivity contribution in [3.05, 3.63) is 35.4 Å². The number of nitrogens with zero attached hydrogens (tertiary/aromatic N) is 2. The molecule has 0 bridgehead atoms. The van der Waals surface area contributed by atoms with Crippen LogP contribution in [0.3, 0.4) is 0 Å². The fourth-order valence-corrected chi connectivity index (χ4v) is 1.57. The second kappa shape index (κ2) is 6.66. The second-order valence-corrected chi connectivity index (χ2v) is 3.65. The van der Waals surface area contributed by atoms with Crippen molar-refractivity contribution >= 4 is 5.91 Å². The average Bonchev–Trinajstić information content (AvgIpc) is 2.39. The van der Waals surface area contributed by atoms with E-state index in [2.05, 4.69) is 0 Å². The summed E-state index contributed by atoms with van der Waals surface area (Å²) in [5, 5.41) is 17.5. The molecule has 1 N–H and O–H groups in total. The number of hydrogen-bond acceptors (Lipinski definition) is 3. The van der Waals surface area contributed by atoms with E-state index >= 15 is 0 Å². The van der Waals surface area contributed by atoms with Gasteiger partial charge in [-0.05, 0) is 31.5 Å². The van der Waals surface area contributed by atoms with E-state index in [1.807, 2.05) is 13.0 Å². The Hall–Kier alpha value is -1.86. The fraction of sp³-hybridized carbons (Fsp3) is 0.385. The van der Waals surface area contributed by atoms with E-state index < -0.39 is 0 Å². The molecule has 0 unspecified atom stereocenters. The summed E-state index contributed by atoms with van der Waals surface area (Å²) in [5.74, 6) is -0.0990. The van der Waals surface area contributed by atoms with Crippen molar-refractivity contribution in [2.75, 3.05) is 19.7 Å². The van der Waals surface area contributed by atoms with Gasteiger partial charge in [0.2, 0.25) is 0 Å². The third-order valence-corrected chi connectivity index (χ3v) is 2.49. The van der Waals surface area contributed by atoms with E-state index in [4.69, 9.17) is 10.4 Å². The monoisotopic (exact) mass is 232 g/mol. The van der Waals surface area contributed by atoms with Gasteiger partial charge >= 0.3 is 0 Å². The molecule has 0 aliphatic rings. The molecule has 0 spiro atoms. The standard InChI is InChI=1S/C13H16N2O2/c1-2-15(7-4-8-16)13(17)12-6-3-5-11(9-12)10-14/h3,5-6,9,16H,2,4,7-8H2,1H3. The molecule has 0 saturated heterocycles. The molecular weight excluding hydrogens is 216 g/mol. The topological polar surface area (TPSA) is 64.3 Å². The number of aliphatic hydroxyl groups is 1. The first-order valence-electron chi connectivity index (χ1n) is 5.63. The zero-order chi connectivity index (χ0) is 12.7. The molecule has 0 saturated carbocycles.